The van der Waals surface area contributed by atoms with Crippen LogP contribution < -0.4 is 5.32 Å². The van der Waals surface area contributed by atoms with Gasteiger partial charge in [0, 0.05) is 5.38 Å². The van der Waals surface area contributed by atoms with Gasteiger partial charge >= 0.3 is 0 Å². The van der Waals surface area contributed by atoms with Crippen molar-refractivity contribution < 1.29 is 4.79 Å². The molecule has 1 aromatic carbocycles. The molecule has 2 heterocycles. The smallest absolute Gasteiger partial charge is 0.226 e. The fourth-order valence-electron chi connectivity index (χ4n) is 1.89. The molecule has 1 amide bonds. The number of thiazole rings is 2. The average molecular weight is 303 g/mol. The van der Waals surface area contributed by atoms with E-state index in [4.69, 9.17) is 0 Å². The highest BCUT2D eigenvalue weighted by atomic mass is 32.1. The maximum absolute atomic E-state index is 11.8. The van der Waals surface area contributed by atoms with Gasteiger partial charge in [-0.25, -0.2) is 9.97 Å². The van der Waals surface area contributed by atoms with E-state index in [1.807, 2.05) is 36.6 Å². The highest BCUT2D eigenvalue weighted by Gasteiger charge is 2.08. The third kappa shape index (κ3) is 3.02. The Morgan fingerprint density at radius 2 is 2.15 bits per heavy atom. The molecule has 0 spiro atoms. The molecule has 3 rings (SSSR count). The van der Waals surface area contributed by atoms with Crippen LogP contribution in [0.25, 0.3) is 10.2 Å². The standard InChI is InChI=1S/C14H13N3OS2/c1-9-16-10(8-19-9)6-13(18)15-7-14-17-11-4-2-3-5-12(11)20-14/h2-5,8H,6-7H2,1H3,(H,15,18). The van der Waals surface area contributed by atoms with Crippen molar-refractivity contribution in [1.29, 1.82) is 0 Å². The summed E-state index contributed by atoms with van der Waals surface area (Å²) in [5.74, 6) is -0.0189. The van der Waals surface area contributed by atoms with Crippen LogP contribution in [0.5, 0.6) is 0 Å². The number of aromatic nitrogens is 2. The molecule has 102 valence electrons. The summed E-state index contributed by atoms with van der Waals surface area (Å²) in [5, 5.41) is 6.72. The lowest BCUT2D eigenvalue weighted by Crippen LogP contribution is -2.24. The minimum atomic E-state index is -0.0189. The number of fused-ring (bicyclic) bond motifs is 1. The van der Waals surface area contributed by atoms with Gasteiger partial charge in [-0.2, -0.15) is 0 Å². The van der Waals surface area contributed by atoms with Crippen molar-refractivity contribution in [3.8, 4) is 0 Å². The van der Waals surface area contributed by atoms with Crippen LogP contribution >= 0.6 is 22.7 Å². The molecule has 0 atom stereocenters. The fraction of sp³-hybridized carbons (Fsp3) is 0.214. The number of benzene rings is 1. The highest BCUT2D eigenvalue weighted by molar-refractivity contribution is 7.18. The lowest BCUT2D eigenvalue weighted by atomic mass is 10.3. The first kappa shape index (κ1) is 13.2. The Morgan fingerprint density at radius 3 is 2.90 bits per heavy atom. The van der Waals surface area contributed by atoms with Crippen LogP contribution in [0.2, 0.25) is 0 Å². The second kappa shape index (κ2) is 5.68. The second-order valence-corrected chi connectivity index (χ2v) is 6.56. The van der Waals surface area contributed by atoms with E-state index in [9.17, 15) is 4.79 Å². The molecule has 0 fully saturated rings. The Bertz CT molecular complexity index is 715. The third-order valence-corrected chi connectivity index (χ3v) is 4.64. The predicted molar refractivity (Wildman–Crippen MR) is 82.0 cm³/mol. The topological polar surface area (TPSA) is 54.9 Å². The van der Waals surface area contributed by atoms with Crippen LogP contribution in [0, 0.1) is 6.92 Å². The largest absolute Gasteiger partial charge is 0.349 e. The summed E-state index contributed by atoms with van der Waals surface area (Å²) >= 11 is 3.17. The number of carbonyl (C=O) groups is 1. The fourth-order valence-corrected chi connectivity index (χ4v) is 3.41. The zero-order valence-electron chi connectivity index (χ0n) is 10.9. The maximum Gasteiger partial charge on any atom is 0.226 e. The minimum Gasteiger partial charge on any atom is -0.349 e. The van der Waals surface area contributed by atoms with E-state index in [0.717, 1.165) is 25.9 Å². The number of nitrogens with one attached hydrogen (secondary N) is 1. The molecule has 6 heteroatoms. The molecule has 0 radical (unpaired) electrons. The monoisotopic (exact) mass is 303 g/mol. The molecule has 0 bridgehead atoms. The van der Waals surface area contributed by atoms with Crippen molar-refractivity contribution in [3.05, 3.63) is 45.4 Å². The van der Waals surface area contributed by atoms with Crippen LogP contribution in [0.1, 0.15) is 15.7 Å². The van der Waals surface area contributed by atoms with Crippen LogP contribution in [-0.4, -0.2) is 15.9 Å². The molecule has 0 saturated heterocycles. The zero-order valence-corrected chi connectivity index (χ0v) is 12.6. The molecule has 4 nitrogen and oxygen atoms in total. The van der Waals surface area contributed by atoms with E-state index in [1.54, 1.807) is 22.7 Å². The van der Waals surface area contributed by atoms with Gasteiger partial charge in [0.05, 0.1) is 33.9 Å². The normalized spacial score (nSPS) is 10.8. The van der Waals surface area contributed by atoms with Crippen LogP contribution in [0.3, 0.4) is 0 Å². The molecule has 3 aromatic rings. The Morgan fingerprint density at radius 1 is 1.30 bits per heavy atom. The van der Waals surface area contributed by atoms with E-state index < -0.39 is 0 Å². The zero-order chi connectivity index (χ0) is 13.9. The number of hydrogen-bond acceptors (Lipinski definition) is 5. The molecule has 1 N–H and O–H groups in total. The van der Waals surface area contributed by atoms with Crippen molar-refractivity contribution in [2.45, 2.75) is 19.9 Å². The number of rotatable bonds is 4. The molecule has 0 aliphatic rings. The van der Waals surface area contributed by atoms with Crippen LogP contribution in [-0.2, 0) is 17.8 Å². The van der Waals surface area contributed by atoms with Gasteiger partial charge in [0.25, 0.3) is 0 Å². The summed E-state index contributed by atoms with van der Waals surface area (Å²) in [5.41, 5.74) is 1.81. The average Bonchev–Trinajstić information content (AvgIpc) is 3.02. The summed E-state index contributed by atoms with van der Waals surface area (Å²) in [4.78, 5) is 20.6. The van der Waals surface area contributed by atoms with Gasteiger partial charge in [-0.1, -0.05) is 12.1 Å². The number of hydrogen-bond donors (Lipinski definition) is 1. The first-order chi connectivity index (χ1) is 9.70. The second-order valence-electron chi connectivity index (χ2n) is 4.39. The number of amides is 1. The van der Waals surface area contributed by atoms with Crippen LogP contribution in [0.15, 0.2) is 29.6 Å². The van der Waals surface area contributed by atoms with Crippen molar-refractivity contribution in [2.24, 2.45) is 0 Å². The molecule has 0 unspecified atom stereocenters. The number of para-hydroxylation sites is 1. The van der Waals surface area contributed by atoms with Crippen molar-refractivity contribution in [3.63, 3.8) is 0 Å². The van der Waals surface area contributed by atoms with Gasteiger partial charge < -0.3 is 5.32 Å². The van der Waals surface area contributed by atoms with Gasteiger partial charge in [0.1, 0.15) is 5.01 Å². The SMILES string of the molecule is Cc1nc(CC(=O)NCc2nc3ccccc3s2)cs1. The summed E-state index contributed by atoms with van der Waals surface area (Å²) in [6.45, 7) is 2.41. The van der Waals surface area contributed by atoms with Gasteiger partial charge in [-0.15, -0.1) is 22.7 Å². The number of carbonyl (C=O) groups excluding carboxylic acids is 1. The van der Waals surface area contributed by atoms with E-state index >= 15 is 0 Å². The Hall–Kier alpha value is -1.79. The van der Waals surface area contributed by atoms with Gasteiger partial charge in [-0.3, -0.25) is 4.79 Å². The Labute approximate surface area is 124 Å². The van der Waals surface area contributed by atoms with Crippen molar-refractivity contribution >= 4 is 38.8 Å². The minimum absolute atomic E-state index is 0.0189. The van der Waals surface area contributed by atoms with Crippen molar-refractivity contribution in [2.75, 3.05) is 0 Å². The summed E-state index contributed by atoms with van der Waals surface area (Å²) in [7, 11) is 0. The molecule has 2 aromatic heterocycles. The Kier molecular flexibility index (Phi) is 3.75. The first-order valence-corrected chi connectivity index (χ1v) is 7.92. The summed E-state index contributed by atoms with van der Waals surface area (Å²) < 4.78 is 1.15. The first-order valence-electron chi connectivity index (χ1n) is 6.23. The maximum atomic E-state index is 11.8. The van der Waals surface area contributed by atoms with E-state index in [1.165, 1.54) is 0 Å². The summed E-state index contributed by atoms with van der Waals surface area (Å²) in [6, 6.07) is 7.98. The molecule has 0 saturated carbocycles. The Balaban J connectivity index is 1.59. The van der Waals surface area contributed by atoms with Gasteiger partial charge in [0.15, 0.2) is 0 Å². The molecular weight excluding hydrogens is 290 g/mol. The number of nitrogens with zero attached hydrogens (tertiary/aromatic N) is 2. The predicted octanol–water partition coefficient (Wildman–Crippen LogP) is 2.92. The highest BCUT2D eigenvalue weighted by Crippen LogP contribution is 2.21. The molecular formula is C14H13N3OS2. The molecule has 0 aliphatic heterocycles. The third-order valence-electron chi connectivity index (χ3n) is 2.78. The quantitative estimate of drug-likeness (QED) is 0.806. The number of aryl methyl sites for hydroxylation is 1. The van der Waals surface area contributed by atoms with Gasteiger partial charge in [-0.05, 0) is 19.1 Å². The lowest BCUT2D eigenvalue weighted by molar-refractivity contribution is -0.120. The lowest BCUT2D eigenvalue weighted by Gasteiger charge is -2.00. The van der Waals surface area contributed by atoms with Gasteiger partial charge in [0.2, 0.25) is 5.91 Å². The van der Waals surface area contributed by atoms with Crippen molar-refractivity contribution in [1.82, 2.24) is 15.3 Å². The molecule has 20 heavy (non-hydrogen) atoms. The molecule has 0 aliphatic carbocycles. The van der Waals surface area contributed by atoms with E-state index in [2.05, 4.69) is 15.3 Å². The van der Waals surface area contributed by atoms with E-state index in [0.29, 0.717) is 13.0 Å². The van der Waals surface area contributed by atoms with E-state index in [-0.39, 0.29) is 5.91 Å². The van der Waals surface area contributed by atoms with Crippen LogP contribution in [0.4, 0.5) is 0 Å². The summed E-state index contributed by atoms with van der Waals surface area (Å²) in [6.07, 6.45) is 0.329.